The van der Waals surface area contributed by atoms with E-state index in [-0.39, 0.29) is 5.82 Å². The van der Waals surface area contributed by atoms with Gasteiger partial charge in [0, 0.05) is 24.8 Å². The normalized spacial score (nSPS) is 10.7. The Morgan fingerprint density at radius 3 is 2.89 bits per heavy atom. The highest BCUT2D eigenvalue weighted by atomic mass is 19.1. The van der Waals surface area contributed by atoms with Crippen LogP contribution in [0.15, 0.2) is 34.9 Å². The molecule has 102 valence electrons. The summed E-state index contributed by atoms with van der Waals surface area (Å²) in [5.74, 6) is 0.542. The highest BCUT2D eigenvalue weighted by molar-refractivity contribution is 5.46. The summed E-state index contributed by atoms with van der Waals surface area (Å²) in [5.41, 5.74) is 1.71. The number of anilines is 1. The number of hydrogen-bond acceptors (Lipinski definition) is 4. The Kier molecular flexibility index (Phi) is 4.52. The second-order valence-corrected chi connectivity index (χ2v) is 4.31. The van der Waals surface area contributed by atoms with Crippen LogP contribution in [0.2, 0.25) is 0 Å². The number of nitrogens with one attached hydrogen (secondary N) is 1. The van der Waals surface area contributed by atoms with Crippen LogP contribution in [0.1, 0.15) is 18.4 Å². The summed E-state index contributed by atoms with van der Waals surface area (Å²) < 4.78 is 18.5. The molecule has 4 nitrogen and oxygen atoms in total. The van der Waals surface area contributed by atoms with Gasteiger partial charge in [0.1, 0.15) is 5.82 Å². The molecule has 0 fully saturated rings. The Balaban J connectivity index is 2.09. The molecule has 1 aromatic carbocycles. The zero-order valence-corrected chi connectivity index (χ0v) is 11.2. The smallest absolute Gasteiger partial charge is 0.156 e. The van der Waals surface area contributed by atoms with Crippen molar-refractivity contribution in [2.24, 2.45) is 0 Å². The third-order valence-electron chi connectivity index (χ3n) is 2.87. The first-order chi connectivity index (χ1) is 9.22. The Hall–Kier alpha value is -1.88. The van der Waals surface area contributed by atoms with Crippen LogP contribution in [0.5, 0.6) is 0 Å². The van der Waals surface area contributed by atoms with Crippen molar-refractivity contribution in [1.82, 2.24) is 10.5 Å². The standard InChI is InChI=1S/C14H18FN3O/c1-3-18(13-6-4-5-11(15)7-13)10-14-8-12(9-16-2)17-19-14/h4-8,16H,3,9-10H2,1-2H3. The number of hydrogen-bond donors (Lipinski definition) is 1. The fraction of sp³-hybridized carbons (Fsp3) is 0.357. The third-order valence-corrected chi connectivity index (χ3v) is 2.87. The average Bonchev–Trinajstić information content (AvgIpc) is 2.84. The largest absolute Gasteiger partial charge is 0.364 e. The van der Waals surface area contributed by atoms with Gasteiger partial charge in [0.05, 0.1) is 12.2 Å². The van der Waals surface area contributed by atoms with Crippen molar-refractivity contribution in [3.63, 3.8) is 0 Å². The number of benzene rings is 1. The van der Waals surface area contributed by atoms with Gasteiger partial charge in [0.25, 0.3) is 0 Å². The zero-order valence-electron chi connectivity index (χ0n) is 11.2. The van der Waals surface area contributed by atoms with E-state index in [0.717, 1.165) is 23.7 Å². The molecule has 0 radical (unpaired) electrons. The van der Waals surface area contributed by atoms with Crippen molar-refractivity contribution < 1.29 is 8.91 Å². The van der Waals surface area contributed by atoms with E-state index in [2.05, 4.69) is 10.5 Å². The van der Waals surface area contributed by atoms with Gasteiger partial charge >= 0.3 is 0 Å². The monoisotopic (exact) mass is 263 g/mol. The van der Waals surface area contributed by atoms with E-state index in [1.165, 1.54) is 12.1 Å². The minimum atomic E-state index is -0.232. The lowest BCUT2D eigenvalue weighted by Crippen LogP contribution is -2.21. The molecule has 1 aromatic heterocycles. The summed E-state index contributed by atoms with van der Waals surface area (Å²) in [7, 11) is 1.86. The number of nitrogens with zero attached hydrogens (tertiary/aromatic N) is 2. The van der Waals surface area contributed by atoms with Crippen molar-refractivity contribution in [3.05, 3.63) is 47.6 Å². The Bertz CT molecular complexity index is 527. The molecule has 0 saturated carbocycles. The fourth-order valence-corrected chi connectivity index (χ4v) is 1.94. The molecule has 5 heteroatoms. The van der Waals surface area contributed by atoms with E-state index in [1.807, 2.05) is 31.0 Å². The topological polar surface area (TPSA) is 41.3 Å². The number of aromatic nitrogens is 1. The number of halogens is 1. The first kappa shape index (κ1) is 13.5. The molecule has 0 aliphatic carbocycles. The van der Waals surface area contributed by atoms with Crippen LogP contribution >= 0.6 is 0 Å². The van der Waals surface area contributed by atoms with Gasteiger partial charge in [-0.2, -0.15) is 0 Å². The summed E-state index contributed by atoms with van der Waals surface area (Å²) in [5, 5.41) is 6.98. The molecule has 0 bridgehead atoms. The minimum absolute atomic E-state index is 0.232. The maximum absolute atomic E-state index is 13.2. The zero-order chi connectivity index (χ0) is 13.7. The molecular weight excluding hydrogens is 245 g/mol. The van der Waals surface area contributed by atoms with Crippen molar-refractivity contribution >= 4 is 5.69 Å². The van der Waals surface area contributed by atoms with Crippen molar-refractivity contribution in [2.45, 2.75) is 20.0 Å². The third kappa shape index (κ3) is 3.54. The van der Waals surface area contributed by atoms with Crippen molar-refractivity contribution in [3.8, 4) is 0 Å². The molecule has 1 heterocycles. The lowest BCUT2D eigenvalue weighted by Gasteiger charge is -2.21. The van der Waals surface area contributed by atoms with Crippen LogP contribution in [-0.2, 0) is 13.1 Å². The molecule has 0 aliphatic heterocycles. The van der Waals surface area contributed by atoms with Crippen molar-refractivity contribution in [1.29, 1.82) is 0 Å². The van der Waals surface area contributed by atoms with Crippen LogP contribution in [0.4, 0.5) is 10.1 Å². The molecule has 19 heavy (non-hydrogen) atoms. The highest BCUT2D eigenvalue weighted by Crippen LogP contribution is 2.18. The molecule has 0 atom stereocenters. The fourth-order valence-electron chi connectivity index (χ4n) is 1.94. The first-order valence-electron chi connectivity index (χ1n) is 6.32. The van der Waals surface area contributed by atoms with Gasteiger partial charge in [0.2, 0.25) is 0 Å². The SMILES string of the molecule is CCN(Cc1cc(CNC)no1)c1cccc(F)c1. The first-order valence-corrected chi connectivity index (χ1v) is 6.32. The van der Waals surface area contributed by atoms with Crippen LogP contribution < -0.4 is 10.2 Å². The minimum Gasteiger partial charge on any atom is -0.364 e. The van der Waals surface area contributed by atoms with Gasteiger partial charge in [-0.3, -0.25) is 0 Å². The molecule has 2 aromatic rings. The van der Waals surface area contributed by atoms with Gasteiger partial charge in [-0.25, -0.2) is 4.39 Å². The molecule has 1 N–H and O–H groups in total. The molecule has 0 amide bonds. The maximum Gasteiger partial charge on any atom is 0.156 e. The van der Waals surface area contributed by atoms with E-state index in [1.54, 1.807) is 6.07 Å². The molecule has 0 aliphatic rings. The second kappa shape index (κ2) is 6.33. The predicted octanol–water partition coefficient (Wildman–Crippen LogP) is 2.56. The Morgan fingerprint density at radius 1 is 1.37 bits per heavy atom. The van der Waals surface area contributed by atoms with E-state index in [9.17, 15) is 4.39 Å². The van der Waals surface area contributed by atoms with E-state index >= 15 is 0 Å². The Morgan fingerprint density at radius 2 is 2.21 bits per heavy atom. The van der Waals surface area contributed by atoms with Crippen LogP contribution in [0.3, 0.4) is 0 Å². The summed E-state index contributed by atoms with van der Waals surface area (Å²) in [6.07, 6.45) is 0. The molecular formula is C14H18FN3O. The van der Waals surface area contributed by atoms with Gasteiger partial charge in [-0.1, -0.05) is 11.2 Å². The Labute approximate surface area is 112 Å². The van der Waals surface area contributed by atoms with Crippen molar-refractivity contribution in [2.75, 3.05) is 18.5 Å². The lowest BCUT2D eigenvalue weighted by atomic mass is 10.2. The van der Waals surface area contributed by atoms with Gasteiger partial charge < -0.3 is 14.7 Å². The van der Waals surface area contributed by atoms with Crippen LogP contribution in [0, 0.1) is 5.82 Å². The number of rotatable bonds is 6. The molecule has 0 unspecified atom stereocenters. The van der Waals surface area contributed by atoms with Crippen LogP contribution in [0.25, 0.3) is 0 Å². The maximum atomic E-state index is 13.2. The summed E-state index contributed by atoms with van der Waals surface area (Å²) in [4.78, 5) is 2.03. The molecule has 0 spiro atoms. The van der Waals surface area contributed by atoms with Crippen LogP contribution in [-0.4, -0.2) is 18.7 Å². The summed E-state index contributed by atoms with van der Waals surface area (Å²) in [6, 6.07) is 8.47. The van der Waals surface area contributed by atoms with E-state index in [0.29, 0.717) is 13.1 Å². The predicted molar refractivity (Wildman–Crippen MR) is 72.4 cm³/mol. The lowest BCUT2D eigenvalue weighted by molar-refractivity contribution is 0.374. The summed E-state index contributed by atoms with van der Waals surface area (Å²) in [6.45, 7) is 4.05. The average molecular weight is 263 g/mol. The molecule has 2 rings (SSSR count). The van der Waals surface area contributed by atoms with Gasteiger partial charge in [0.15, 0.2) is 5.76 Å². The summed E-state index contributed by atoms with van der Waals surface area (Å²) >= 11 is 0. The van der Waals surface area contributed by atoms with Gasteiger partial charge in [-0.05, 0) is 32.2 Å². The van der Waals surface area contributed by atoms with E-state index in [4.69, 9.17) is 4.52 Å². The van der Waals surface area contributed by atoms with Gasteiger partial charge in [-0.15, -0.1) is 0 Å². The highest BCUT2D eigenvalue weighted by Gasteiger charge is 2.10. The quantitative estimate of drug-likeness (QED) is 0.869. The second-order valence-electron chi connectivity index (χ2n) is 4.31. The molecule has 0 saturated heterocycles. The van der Waals surface area contributed by atoms with E-state index < -0.39 is 0 Å².